The molecule has 0 aromatic heterocycles. The molecule has 18 heavy (non-hydrogen) atoms. The van der Waals surface area contributed by atoms with E-state index in [2.05, 4.69) is 42.3 Å². The normalized spacial score (nSPS) is 20.2. The van der Waals surface area contributed by atoms with E-state index in [0.29, 0.717) is 6.10 Å². The van der Waals surface area contributed by atoms with Crippen LogP contribution in [0.25, 0.3) is 0 Å². The summed E-state index contributed by atoms with van der Waals surface area (Å²) in [4.78, 5) is 2.33. The van der Waals surface area contributed by atoms with Crippen molar-refractivity contribution >= 4 is 17.3 Å². The van der Waals surface area contributed by atoms with Crippen LogP contribution < -0.4 is 10.2 Å². The van der Waals surface area contributed by atoms with Crippen molar-refractivity contribution in [2.75, 3.05) is 31.1 Å². The molecule has 1 fully saturated rings. The van der Waals surface area contributed by atoms with Gasteiger partial charge in [0, 0.05) is 30.3 Å². The standard InChI is InChI=1S/C14H21ClN2O/c1-3-16-9-12-4-5-13(8-14(12)15)17-6-7-18-11(2)10-17/h4-5,8,11,16H,3,6-7,9-10H2,1-2H3. The molecule has 1 unspecified atom stereocenters. The Hall–Kier alpha value is -0.770. The number of anilines is 1. The van der Waals surface area contributed by atoms with Gasteiger partial charge in [-0.1, -0.05) is 24.6 Å². The van der Waals surface area contributed by atoms with Gasteiger partial charge in [-0.15, -0.1) is 0 Å². The quantitative estimate of drug-likeness (QED) is 0.909. The van der Waals surface area contributed by atoms with Crippen LogP contribution in [0.3, 0.4) is 0 Å². The lowest BCUT2D eigenvalue weighted by Gasteiger charge is -2.33. The zero-order valence-corrected chi connectivity index (χ0v) is 11.8. The van der Waals surface area contributed by atoms with Gasteiger partial charge in [-0.3, -0.25) is 0 Å². The van der Waals surface area contributed by atoms with E-state index in [4.69, 9.17) is 16.3 Å². The van der Waals surface area contributed by atoms with Crippen LogP contribution in [0.5, 0.6) is 0 Å². The number of nitrogens with zero attached hydrogens (tertiary/aromatic N) is 1. The number of ether oxygens (including phenoxy) is 1. The maximum atomic E-state index is 6.32. The highest BCUT2D eigenvalue weighted by atomic mass is 35.5. The minimum atomic E-state index is 0.291. The highest BCUT2D eigenvalue weighted by Crippen LogP contribution is 2.25. The van der Waals surface area contributed by atoms with Gasteiger partial charge in [0.05, 0.1) is 12.7 Å². The van der Waals surface area contributed by atoms with E-state index in [-0.39, 0.29) is 0 Å². The molecule has 0 bridgehead atoms. The Morgan fingerprint density at radius 3 is 3.00 bits per heavy atom. The van der Waals surface area contributed by atoms with E-state index >= 15 is 0 Å². The van der Waals surface area contributed by atoms with E-state index in [9.17, 15) is 0 Å². The number of nitrogens with one attached hydrogen (secondary N) is 1. The van der Waals surface area contributed by atoms with E-state index < -0.39 is 0 Å². The Morgan fingerprint density at radius 1 is 1.50 bits per heavy atom. The van der Waals surface area contributed by atoms with Crippen molar-refractivity contribution in [1.82, 2.24) is 5.32 Å². The second kappa shape index (κ2) is 6.41. The summed E-state index contributed by atoms with van der Waals surface area (Å²) in [5.74, 6) is 0. The van der Waals surface area contributed by atoms with Gasteiger partial charge >= 0.3 is 0 Å². The zero-order valence-electron chi connectivity index (χ0n) is 11.1. The smallest absolute Gasteiger partial charge is 0.0722 e. The first kappa shape index (κ1) is 13.7. The Kier molecular flexibility index (Phi) is 4.87. The maximum Gasteiger partial charge on any atom is 0.0722 e. The van der Waals surface area contributed by atoms with Crippen LogP contribution in [0.2, 0.25) is 5.02 Å². The van der Waals surface area contributed by atoms with Crippen LogP contribution in [0.4, 0.5) is 5.69 Å². The summed E-state index contributed by atoms with van der Waals surface area (Å²) in [6, 6.07) is 6.32. The van der Waals surface area contributed by atoms with Gasteiger partial charge in [0.25, 0.3) is 0 Å². The number of benzene rings is 1. The highest BCUT2D eigenvalue weighted by molar-refractivity contribution is 6.31. The van der Waals surface area contributed by atoms with Crippen molar-refractivity contribution < 1.29 is 4.74 Å². The number of hydrogen-bond donors (Lipinski definition) is 1. The van der Waals surface area contributed by atoms with Gasteiger partial charge < -0.3 is 15.0 Å². The zero-order chi connectivity index (χ0) is 13.0. The molecule has 1 aromatic carbocycles. The molecule has 1 saturated heterocycles. The van der Waals surface area contributed by atoms with Crippen molar-refractivity contribution in [1.29, 1.82) is 0 Å². The molecule has 1 aromatic rings. The van der Waals surface area contributed by atoms with Crippen molar-refractivity contribution in [3.8, 4) is 0 Å². The summed E-state index contributed by atoms with van der Waals surface area (Å²) >= 11 is 6.32. The van der Waals surface area contributed by atoms with Gasteiger partial charge in [-0.05, 0) is 31.2 Å². The van der Waals surface area contributed by atoms with Gasteiger partial charge in [0.2, 0.25) is 0 Å². The first-order chi connectivity index (χ1) is 8.70. The molecule has 0 amide bonds. The summed E-state index contributed by atoms with van der Waals surface area (Å²) in [5, 5.41) is 4.13. The average molecular weight is 269 g/mol. The van der Waals surface area contributed by atoms with E-state index in [1.165, 1.54) is 5.69 Å². The van der Waals surface area contributed by atoms with Gasteiger partial charge in [-0.2, -0.15) is 0 Å². The molecule has 1 aliphatic heterocycles. The lowest BCUT2D eigenvalue weighted by atomic mass is 10.1. The topological polar surface area (TPSA) is 24.5 Å². The predicted molar refractivity (Wildman–Crippen MR) is 76.5 cm³/mol. The van der Waals surface area contributed by atoms with E-state index in [0.717, 1.165) is 43.4 Å². The maximum absolute atomic E-state index is 6.32. The molecule has 0 saturated carbocycles. The minimum Gasteiger partial charge on any atom is -0.375 e. The van der Waals surface area contributed by atoms with Crippen molar-refractivity contribution in [2.24, 2.45) is 0 Å². The lowest BCUT2D eigenvalue weighted by molar-refractivity contribution is 0.0532. The van der Waals surface area contributed by atoms with Crippen LogP contribution in [-0.4, -0.2) is 32.3 Å². The molecule has 2 rings (SSSR count). The second-order valence-corrected chi connectivity index (χ2v) is 5.09. The summed E-state index contributed by atoms with van der Waals surface area (Å²) in [6.07, 6.45) is 0.291. The van der Waals surface area contributed by atoms with Crippen molar-refractivity contribution in [3.63, 3.8) is 0 Å². The molecule has 0 aliphatic carbocycles. The van der Waals surface area contributed by atoms with Crippen LogP contribution in [0.1, 0.15) is 19.4 Å². The molecule has 100 valence electrons. The summed E-state index contributed by atoms with van der Waals surface area (Å²) < 4.78 is 5.55. The number of hydrogen-bond acceptors (Lipinski definition) is 3. The van der Waals surface area contributed by atoms with Crippen LogP contribution in [-0.2, 0) is 11.3 Å². The molecule has 1 aliphatic rings. The van der Waals surface area contributed by atoms with Crippen molar-refractivity contribution in [2.45, 2.75) is 26.5 Å². The van der Waals surface area contributed by atoms with E-state index in [1.807, 2.05) is 0 Å². The Morgan fingerprint density at radius 2 is 2.33 bits per heavy atom. The third-order valence-electron chi connectivity index (χ3n) is 3.21. The fourth-order valence-electron chi connectivity index (χ4n) is 2.19. The number of rotatable bonds is 4. The molecule has 1 atom stereocenters. The molecule has 4 heteroatoms. The Labute approximate surface area is 114 Å². The van der Waals surface area contributed by atoms with Gasteiger partial charge in [0.15, 0.2) is 0 Å². The third-order valence-corrected chi connectivity index (χ3v) is 3.56. The van der Waals surface area contributed by atoms with Crippen molar-refractivity contribution in [3.05, 3.63) is 28.8 Å². The summed E-state index contributed by atoms with van der Waals surface area (Å²) in [6.45, 7) is 8.65. The van der Waals surface area contributed by atoms with E-state index in [1.54, 1.807) is 0 Å². The van der Waals surface area contributed by atoms with Gasteiger partial charge in [-0.25, -0.2) is 0 Å². The molecule has 1 heterocycles. The SMILES string of the molecule is CCNCc1ccc(N2CCOC(C)C2)cc1Cl. The van der Waals surface area contributed by atoms with Crippen LogP contribution >= 0.6 is 11.6 Å². The molecular formula is C14H21ClN2O. The second-order valence-electron chi connectivity index (χ2n) is 4.68. The molecule has 0 radical (unpaired) electrons. The molecule has 1 N–H and O–H groups in total. The fourth-order valence-corrected chi connectivity index (χ4v) is 2.43. The highest BCUT2D eigenvalue weighted by Gasteiger charge is 2.17. The number of morpholine rings is 1. The summed E-state index contributed by atoms with van der Waals surface area (Å²) in [7, 11) is 0. The third kappa shape index (κ3) is 3.37. The molecule has 3 nitrogen and oxygen atoms in total. The monoisotopic (exact) mass is 268 g/mol. The largest absolute Gasteiger partial charge is 0.375 e. The molecule has 0 spiro atoms. The fraction of sp³-hybridized carbons (Fsp3) is 0.571. The first-order valence-electron chi connectivity index (χ1n) is 6.56. The lowest BCUT2D eigenvalue weighted by Crippen LogP contribution is -2.41. The average Bonchev–Trinajstić information content (AvgIpc) is 2.37. The van der Waals surface area contributed by atoms with Crippen LogP contribution in [0, 0.1) is 0 Å². The first-order valence-corrected chi connectivity index (χ1v) is 6.94. The van der Waals surface area contributed by atoms with Crippen LogP contribution in [0.15, 0.2) is 18.2 Å². The minimum absolute atomic E-state index is 0.291. The predicted octanol–water partition coefficient (Wildman–Crippen LogP) is 2.67. The van der Waals surface area contributed by atoms with Gasteiger partial charge in [0.1, 0.15) is 0 Å². The Bertz CT molecular complexity index is 397. The Balaban J connectivity index is 2.07. The number of halogens is 1. The molecular weight excluding hydrogens is 248 g/mol. The summed E-state index contributed by atoms with van der Waals surface area (Å²) in [5.41, 5.74) is 2.35.